The molecule has 1 N–H and O–H groups in total. The standard InChI is InChI=1S/C23H32F3N3O5.C22H30F3N3O5/c1-22(2,3)34-21(31)28-7-5-27(6-8-28)14-16-11-17(23(24,25)26)13-18(12-16)29-9-10-33-15-19(29)20(30)32-4;1-21(2,3)33-20(31)27-6-4-26(5-7-27)13-15-10-16(22(23,24)25)12-17(11-15)28-8-9-32-14-18(28)19(29)30/h11-13,19H,5-10,14-15H2,1-4H3;10-12,18H,4-9,13-14H2,1-3H3,(H,29,30). The monoisotopic (exact) mass is 960 g/mol. The number of nitrogens with zero attached hydrogens (tertiary/aromatic N) is 6. The number of carboxylic acids is 1. The van der Waals surface area contributed by atoms with Gasteiger partial charge in [0.25, 0.3) is 0 Å². The number of aliphatic carboxylic acids is 1. The average molecular weight is 961 g/mol. The van der Waals surface area contributed by atoms with Gasteiger partial charge < -0.3 is 48.4 Å². The van der Waals surface area contributed by atoms with Crippen LogP contribution in [0.4, 0.5) is 47.3 Å². The van der Waals surface area contributed by atoms with E-state index in [1.54, 1.807) is 68.4 Å². The molecular weight excluding hydrogens is 899 g/mol. The lowest BCUT2D eigenvalue weighted by Gasteiger charge is -2.37. The van der Waals surface area contributed by atoms with Gasteiger partial charge in [-0.1, -0.05) is 0 Å². The van der Waals surface area contributed by atoms with Gasteiger partial charge in [0.1, 0.15) is 11.2 Å². The van der Waals surface area contributed by atoms with E-state index in [-0.39, 0.29) is 51.7 Å². The second-order valence-corrected chi connectivity index (χ2v) is 18.7. The molecule has 2 atom stereocenters. The third-order valence-electron chi connectivity index (χ3n) is 11.1. The van der Waals surface area contributed by atoms with Gasteiger partial charge in [-0.05, 0) is 89.1 Å². The molecule has 16 nitrogen and oxygen atoms in total. The summed E-state index contributed by atoms with van der Waals surface area (Å²) in [6.45, 7) is 15.9. The van der Waals surface area contributed by atoms with Crippen LogP contribution in [0.1, 0.15) is 63.8 Å². The Bertz CT molecular complexity index is 2030. The van der Waals surface area contributed by atoms with E-state index in [2.05, 4.69) is 0 Å². The van der Waals surface area contributed by atoms with Gasteiger partial charge in [-0.3, -0.25) is 9.80 Å². The fraction of sp³-hybridized carbons (Fsp3) is 0.644. The van der Waals surface area contributed by atoms with Crippen molar-refractivity contribution in [3.8, 4) is 0 Å². The number of hydrogen-bond acceptors (Lipinski definition) is 13. The number of carboxylic acid groups (broad SMARTS) is 1. The Labute approximate surface area is 386 Å². The van der Waals surface area contributed by atoms with Crippen molar-refractivity contribution in [1.82, 2.24) is 19.6 Å². The molecule has 2 amide bonds. The number of piperazine rings is 2. The van der Waals surface area contributed by atoms with Crippen LogP contribution in [0.25, 0.3) is 0 Å². The highest BCUT2D eigenvalue weighted by Gasteiger charge is 2.37. The van der Waals surface area contributed by atoms with Crippen molar-refractivity contribution in [3.63, 3.8) is 0 Å². The minimum Gasteiger partial charge on any atom is -0.480 e. The van der Waals surface area contributed by atoms with Crippen molar-refractivity contribution < 1.29 is 74.3 Å². The average Bonchev–Trinajstić information content (AvgIpc) is 3.25. The third-order valence-corrected chi connectivity index (χ3v) is 11.1. The van der Waals surface area contributed by atoms with E-state index in [0.29, 0.717) is 75.8 Å². The molecule has 22 heteroatoms. The molecule has 4 saturated heterocycles. The maximum Gasteiger partial charge on any atom is 0.416 e. The number of methoxy groups -OCH3 is 1. The van der Waals surface area contributed by atoms with E-state index in [0.717, 1.165) is 24.3 Å². The van der Waals surface area contributed by atoms with Gasteiger partial charge in [0, 0.05) is 89.9 Å². The van der Waals surface area contributed by atoms with Crippen molar-refractivity contribution in [2.24, 2.45) is 0 Å². The van der Waals surface area contributed by atoms with Crippen LogP contribution in [0.3, 0.4) is 0 Å². The maximum absolute atomic E-state index is 13.7. The molecule has 0 radical (unpaired) electrons. The molecule has 67 heavy (non-hydrogen) atoms. The Hall–Kier alpha value is -5.06. The Morgan fingerprint density at radius 1 is 0.582 bits per heavy atom. The number of halogens is 6. The first-order valence-electron chi connectivity index (χ1n) is 22.0. The number of anilines is 2. The highest BCUT2D eigenvalue weighted by Crippen LogP contribution is 2.36. The quantitative estimate of drug-likeness (QED) is 0.182. The lowest BCUT2D eigenvalue weighted by molar-refractivity contribution is -0.145. The number of morpholine rings is 2. The summed E-state index contributed by atoms with van der Waals surface area (Å²) in [4.78, 5) is 58.5. The molecule has 2 aromatic rings. The van der Waals surface area contributed by atoms with Crippen LogP contribution in [0.15, 0.2) is 36.4 Å². The SMILES string of the molecule is CC(C)(C)OC(=O)N1CCN(Cc2cc(N3CCOCC3C(=O)O)cc(C(F)(F)F)c2)CC1.COC(=O)C1COCCN1c1cc(CN2CCN(C(=O)OC(C)(C)C)CC2)cc(C(F)(F)F)c1. The number of ether oxygens (including phenoxy) is 5. The number of rotatable bonds is 8. The summed E-state index contributed by atoms with van der Waals surface area (Å²) in [6.07, 6.45) is -9.90. The van der Waals surface area contributed by atoms with Gasteiger partial charge in [0.05, 0.1) is 44.7 Å². The van der Waals surface area contributed by atoms with Crippen LogP contribution in [0.2, 0.25) is 0 Å². The summed E-state index contributed by atoms with van der Waals surface area (Å²) in [5.41, 5.74) is -1.37. The van der Waals surface area contributed by atoms with E-state index in [1.807, 2.05) is 9.80 Å². The van der Waals surface area contributed by atoms with E-state index >= 15 is 0 Å². The van der Waals surface area contributed by atoms with Gasteiger partial charge in [0.2, 0.25) is 0 Å². The molecule has 4 heterocycles. The summed E-state index contributed by atoms with van der Waals surface area (Å²) in [7, 11) is 1.24. The highest BCUT2D eigenvalue weighted by atomic mass is 19.4. The zero-order chi connectivity index (χ0) is 49.5. The third kappa shape index (κ3) is 15.5. The van der Waals surface area contributed by atoms with Gasteiger partial charge in [0.15, 0.2) is 12.1 Å². The topological polar surface area (TPSA) is 154 Å². The Morgan fingerprint density at radius 2 is 0.955 bits per heavy atom. The molecule has 0 aromatic heterocycles. The van der Waals surface area contributed by atoms with E-state index in [9.17, 15) is 50.6 Å². The molecule has 6 rings (SSSR count). The Balaban J connectivity index is 0.000000251. The second kappa shape index (κ2) is 21.9. The first kappa shape index (κ1) is 52.9. The number of carbonyl (C=O) groups excluding carboxylic acids is 3. The van der Waals surface area contributed by atoms with Gasteiger partial charge in [-0.2, -0.15) is 26.3 Å². The predicted octanol–water partition coefficient (Wildman–Crippen LogP) is 6.18. The van der Waals surface area contributed by atoms with Gasteiger partial charge in [-0.15, -0.1) is 0 Å². The first-order valence-corrected chi connectivity index (χ1v) is 22.0. The van der Waals surface area contributed by atoms with Crippen molar-refractivity contribution in [1.29, 1.82) is 0 Å². The summed E-state index contributed by atoms with van der Waals surface area (Å²) >= 11 is 0. The largest absolute Gasteiger partial charge is 0.480 e. The van der Waals surface area contributed by atoms with Crippen molar-refractivity contribution in [3.05, 3.63) is 58.7 Å². The van der Waals surface area contributed by atoms with E-state index < -0.39 is 70.9 Å². The van der Waals surface area contributed by atoms with Gasteiger partial charge >= 0.3 is 36.5 Å². The second-order valence-electron chi connectivity index (χ2n) is 18.7. The van der Waals surface area contributed by atoms with E-state index in [1.165, 1.54) is 12.0 Å². The molecule has 4 aliphatic rings. The van der Waals surface area contributed by atoms with Crippen molar-refractivity contribution in [2.45, 2.75) is 90.3 Å². The number of esters is 1. The molecule has 2 aromatic carbocycles. The molecule has 0 aliphatic carbocycles. The number of hydrogen-bond donors (Lipinski definition) is 1. The number of benzene rings is 2. The van der Waals surface area contributed by atoms with Crippen LogP contribution < -0.4 is 9.80 Å². The normalized spacial score (nSPS) is 20.4. The van der Waals surface area contributed by atoms with E-state index in [4.69, 9.17) is 23.7 Å². The van der Waals surface area contributed by atoms with Gasteiger partial charge in [-0.25, -0.2) is 19.2 Å². The summed E-state index contributed by atoms with van der Waals surface area (Å²) < 4.78 is 108. The minimum absolute atomic E-state index is 0.0465. The Morgan fingerprint density at radius 3 is 1.30 bits per heavy atom. The summed E-state index contributed by atoms with van der Waals surface area (Å²) in [5, 5.41) is 9.48. The number of alkyl halides is 6. The van der Waals surface area contributed by atoms with Crippen molar-refractivity contribution >= 4 is 35.5 Å². The number of carbonyl (C=O) groups is 4. The highest BCUT2D eigenvalue weighted by molar-refractivity contribution is 5.81. The fourth-order valence-corrected chi connectivity index (χ4v) is 7.90. The molecular formula is C45H62F6N6O10. The van der Waals surface area contributed by atoms with Crippen LogP contribution in [-0.2, 0) is 58.7 Å². The maximum atomic E-state index is 13.7. The fourth-order valence-electron chi connectivity index (χ4n) is 7.90. The molecule has 4 aliphatic heterocycles. The van der Waals surface area contributed by atoms with Crippen LogP contribution in [-0.4, -0.2) is 171 Å². The van der Waals surface area contributed by atoms with Crippen LogP contribution in [0, 0.1) is 0 Å². The zero-order valence-electron chi connectivity index (χ0n) is 39.0. The van der Waals surface area contributed by atoms with Crippen LogP contribution in [0.5, 0.6) is 0 Å². The van der Waals surface area contributed by atoms with Crippen molar-refractivity contribution in [2.75, 3.05) is 109 Å². The molecule has 2 unspecified atom stereocenters. The smallest absolute Gasteiger partial charge is 0.416 e. The molecule has 4 fully saturated rings. The Kier molecular flexibility index (Phi) is 17.3. The summed E-state index contributed by atoms with van der Waals surface area (Å²) in [6, 6.07) is 5.71. The molecule has 0 bridgehead atoms. The minimum atomic E-state index is -4.56. The van der Waals surface area contributed by atoms with Crippen LogP contribution >= 0.6 is 0 Å². The molecule has 0 saturated carbocycles. The first-order chi connectivity index (χ1) is 31.2. The molecule has 374 valence electrons. The number of amides is 2. The summed E-state index contributed by atoms with van der Waals surface area (Å²) in [5.74, 6) is -1.70. The lowest BCUT2D eigenvalue weighted by Crippen LogP contribution is -2.51. The lowest BCUT2D eigenvalue weighted by atomic mass is 10.1. The zero-order valence-corrected chi connectivity index (χ0v) is 39.0. The molecule has 0 spiro atoms. The predicted molar refractivity (Wildman–Crippen MR) is 233 cm³/mol.